The molecule has 1 aromatic rings. The van der Waals surface area contributed by atoms with Gasteiger partial charge < -0.3 is 10.1 Å². The summed E-state index contributed by atoms with van der Waals surface area (Å²) in [4.78, 5) is 12.3. The second-order valence-electron chi connectivity index (χ2n) is 6.31. The molecule has 1 fully saturated rings. The molecular formula is C18H27NO2. The molecule has 3 nitrogen and oxygen atoms in total. The molecule has 1 amide bonds. The van der Waals surface area contributed by atoms with Crippen LogP contribution in [0.15, 0.2) is 12.1 Å². The van der Waals surface area contributed by atoms with Gasteiger partial charge in [0.25, 0.3) is 5.91 Å². The third-order valence-electron chi connectivity index (χ3n) is 4.39. The van der Waals surface area contributed by atoms with Crippen molar-refractivity contribution in [1.82, 2.24) is 5.32 Å². The summed E-state index contributed by atoms with van der Waals surface area (Å²) in [6.45, 7) is 7.99. The first-order valence-electron chi connectivity index (χ1n) is 8.02. The first kappa shape index (κ1) is 15.9. The lowest BCUT2D eigenvalue weighted by Crippen LogP contribution is -2.43. The molecule has 1 aliphatic carbocycles. The van der Waals surface area contributed by atoms with Gasteiger partial charge >= 0.3 is 0 Å². The minimum Gasteiger partial charge on any atom is -0.481 e. The number of amides is 1. The van der Waals surface area contributed by atoms with E-state index in [1.54, 1.807) is 0 Å². The molecule has 0 spiro atoms. The van der Waals surface area contributed by atoms with Crippen LogP contribution in [-0.4, -0.2) is 18.1 Å². The van der Waals surface area contributed by atoms with E-state index in [0.717, 1.165) is 29.7 Å². The van der Waals surface area contributed by atoms with Crippen LogP contribution >= 0.6 is 0 Å². The predicted molar refractivity (Wildman–Crippen MR) is 85.8 cm³/mol. The van der Waals surface area contributed by atoms with Crippen LogP contribution in [0.5, 0.6) is 5.75 Å². The largest absolute Gasteiger partial charge is 0.481 e. The van der Waals surface area contributed by atoms with Crippen molar-refractivity contribution in [1.29, 1.82) is 0 Å². The average molecular weight is 289 g/mol. The summed E-state index contributed by atoms with van der Waals surface area (Å²) in [6.07, 6.45) is 5.47. The Balaban J connectivity index is 1.97. The summed E-state index contributed by atoms with van der Waals surface area (Å²) in [7, 11) is 0. The van der Waals surface area contributed by atoms with Crippen LogP contribution in [0.1, 0.15) is 55.7 Å². The zero-order valence-corrected chi connectivity index (χ0v) is 13.7. The van der Waals surface area contributed by atoms with Crippen LogP contribution in [0.25, 0.3) is 0 Å². The van der Waals surface area contributed by atoms with Gasteiger partial charge in [-0.3, -0.25) is 4.79 Å². The lowest BCUT2D eigenvalue weighted by Gasteiger charge is -2.25. The lowest BCUT2D eigenvalue weighted by atomic mass is 9.95. The van der Waals surface area contributed by atoms with Gasteiger partial charge in [-0.1, -0.05) is 25.3 Å². The van der Waals surface area contributed by atoms with Crippen molar-refractivity contribution in [2.75, 3.05) is 0 Å². The highest BCUT2D eigenvalue weighted by molar-refractivity contribution is 5.81. The molecule has 0 aromatic heterocycles. The number of hydrogen-bond donors (Lipinski definition) is 1. The van der Waals surface area contributed by atoms with Crippen LogP contribution in [0.3, 0.4) is 0 Å². The van der Waals surface area contributed by atoms with E-state index >= 15 is 0 Å². The van der Waals surface area contributed by atoms with Crippen molar-refractivity contribution in [3.05, 3.63) is 28.8 Å². The lowest BCUT2D eigenvalue weighted by molar-refractivity contribution is -0.128. The molecule has 1 aliphatic rings. The average Bonchev–Trinajstić information content (AvgIpc) is 2.45. The SMILES string of the molecule is Cc1cc(C)c(C)c(O[C@H](C)C(=O)NC2CCCCC2)c1. The van der Waals surface area contributed by atoms with Gasteiger partial charge in [0.2, 0.25) is 0 Å². The number of carbonyl (C=O) groups is 1. The first-order valence-corrected chi connectivity index (χ1v) is 8.02. The molecule has 0 aliphatic heterocycles. The molecule has 116 valence electrons. The number of ether oxygens (including phenoxy) is 1. The van der Waals surface area contributed by atoms with Crippen molar-refractivity contribution in [3.63, 3.8) is 0 Å². The monoisotopic (exact) mass is 289 g/mol. The number of rotatable bonds is 4. The van der Waals surface area contributed by atoms with Crippen LogP contribution in [0.4, 0.5) is 0 Å². The van der Waals surface area contributed by atoms with Gasteiger partial charge in [0.05, 0.1) is 0 Å². The summed E-state index contributed by atoms with van der Waals surface area (Å²) in [5.41, 5.74) is 3.47. The Kier molecular flexibility index (Phi) is 5.27. The predicted octanol–water partition coefficient (Wildman–Crippen LogP) is 3.83. The fourth-order valence-corrected chi connectivity index (χ4v) is 2.93. The van der Waals surface area contributed by atoms with E-state index in [2.05, 4.69) is 18.3 Å². The van der Waals surface area contributed by atoms with Crippen molar-refractivity contribution in [3.8, 4) is 5.75 Å². The Morgan fingerprint density at radius 3 is 2.52 bits per heavy atom. The maximum atomic E-state index is 12.3. The molecule has 3 heteroatoms. The maximum absolute atomic E-state index is 12.3. The summed E-state index contributed by atoms with van der Waals surface area (Å²) in [5, 5.41) is 3.12. The molecule has 0 unspecified atom stereocenters. The van der Waals surface area contributed by atoms with Gasteiger partial charge in [-0.15, -0.1) is 0 Å². The molecule has 0 radical (unpaired) electrons. The summed E-state index contributed by atoms with van der Waals surface area (Å²) >= 11 is 0. The fourth-order valence-electron chi connectivity index (χ4n) is 2.93. The number of benzene rings is 1. The first-order chi connectivity index (χ1) is 9.97. The highest BCUT2D eigenvalue weighted by atomic mass is 16.5. The topological polar surface area (TPSA) is 38.3 Å². The second kappa shape index (κ2) is 6.97. The smallest absolute Gasteiger partial charge is 0.260 e. The molecule has 0 saturated heterocycles. The molecule has 1 atom stereocenters. The Morgan fingerprint density at radius 2 is 1.86 bits per heavy atom. The molecular weight excluding hydrogens is 262 g/mol. The number of aryl methyl sites for hydroxylation is 2. The Morgan fingerprint density at radius 1 is 1.19 bits per heavy atom. The standard InChI is InChI=1S/C18H27NO2/c1-12-10-13(2)14(3)17(11-12)21-15(4)18(20)19-16-8-6-5-7-9-16/h10-11,15-16H,5-9H2,1-4H3,(H,19,20)/t15-/m1/s1. The molecule has 1 N–H and O–H groups in total. The van der Waals surface area contributed by atoms with E-state index in [4.69, 9.17) is 4.74 Å². The van der Waals surface area contributed by atoms with Crippen LogP contribution in [0, 0.1) is 20.8 Å². The van der Waals surface area contributed by atoms with Gasteiger partial charge in [-0.2, -0.15) is 0 Å². The van der Waals surface area contributed by atoms with Crippen LogP contribution in [-0.2, 0) is 4.79 Å². The van der Waals surface area contributed by atoms with Gasteiger partial charge in [-0.05, 0) is 63.3 Å². The van der Waals surface area contributed by atoms with E-state index in [0.29, 0.717) is 6.04 Å². The molecule has 1 saturated carbocycles. The third kappa shape index (κ3) is 4.23. The van der Waals surface area contributed by atoms with Gasteiger partial charge in [0.15, 0.2) is 6.10 Å². The summed E-state index contributed by atoms with van der Waals surface area (Å²) in [6, 6.07) is 4.47. The van der Waals surface area contributed by atoms with Crippen LogP contribution < -0.4 is 10.1 Å². The molecule has 2 rings (SSSR count). The molecule has 0 heterocycles. The quantitative estimate of drug-likeness (QED) is 0.915. The molecule has 0 bridgehead atoms. The van der Waals surface area contributed by atoms with Gasteiger partial charge in [0.1, 0.15) is 5.75 Å². The third-order valence-corrected chi connectivity index (χ3v) is 4.39. The van der Waals surface area contributed by atoms with E-state index in [1.165, 1.54) is 24.8 Å². The van der Waals surface area contributed by atoms with Crippen molar-refractivity contribution in [2.45, 2.75) is 71.9 Å². The Bertz CT molecular complexity index is 504. The summed E-state index contributed by atoms with van der Waals surface area (Å²) < 4.78 is 5.90. The van der Waals surface area contributed by atoms with Gasteiger partial charge in [-0.25, -0.2) is 0 Å². The minimum atomic E-state index is -0.452. The maximum Gasteiger partial charge on any atom is 0.260 e. The van der Waals surface area contributed by atoms with Crippen LogP contribution in [0.2, 0.25) is 0 Å². The summed E-state index contributed by atoms with van der Waals surface area (Å²) in [5.74, 6) is 0.819. The minimum absolute atomic E-state index is 0.000425. The second-order valence-corrected chi connectivity index (χ2v) is 6.31. The molecule has 1 aromatic carbocycles. The van der Waals surface area contributed by atoms with E-state index in [9.17, 15) is 4.79 Å². The Labute approximate surface area is 128 Å². The van der Waals surface area contributed by atoms with E-state index in [1.807, 2.05) is 26.8 Å². The van der Waals surface area contributed by atoms with E-state index in [-0.39, 0.29) is 5.91 Å². The highest BCUT2D eigenvalue weighted by Crippen LogP contribution is 2.24. The number of nitrogens with one attached hydrogen (secondary N) is 1. The zero-order valence-electron chi connectivity index (χ0n) is 13.7. The van der Waals surface area contributed by atoms with Crippen molar-refractivity contribution >= 4 is 5.91 Å². The van der Waals surface area contributed by atoms with Crippen molar-refractivity contribution in [2.24, 2.45) is 0 Å². The normalized spacial score (nSPS) is 17.3. The molecule has 21 heavy (non-hydrogen) atoms. The van der Waals surface area contributed by atoms with Crippen molar-refractivity contribution < 1.29 is 9.53 Å². The fraction of sp³-hybridized carbons (Fsp3) is 0.611. The van der Waals surface area contributed by atoms with E-state index < -0.39 is 6.10 Å². The van der Waals surface area contributed by atoms with Gasteiger partial charge in [0, 0.05) is 6.04 Å². The Hall–Kier alpha value is -1.51. The highest BCUT2D eigenvalue weighted by Gasteiger charge is 2.21. The zero-order chi connectivity index (χ0) is 15.4. The number of carbonyl (C=O) groups excluding carboxylic acids is 1. The number of hydrogen-bond acceptors (Lipinski definition) is 2.